The van der Waals surface area contributed by atoms with Crippen molar-refractivity contribution in [2.24, 2.45) is 5.92 Å². The molecule has 1 saturated heterocycles. The number of benzene rings is 2. The van der Waals surface area contributed by atoms with Crippen molar-refractivity contribution < 1.29 is 9.90 Å². The zero-order valence-corrected chi connectivity index (χ0v) is 16.0. The van der Waals surface area contributed by atoms with Crippen LogP contribution in [0.25, 0.3) is 10.8 Å². The van der Waals surface area contributed by atoms with Crippen molar-refractivity contribution in [1.82, 2.24) is 4.90 Å². The molecule has 2 fully saturated rings. The van der Waals surface area contributed by atoms with E-state index in [1.165, 1.54) is 37.7 Å². The molecule has 4 rings (SSSR count). The minimum Gasteiger partial charge on any atom is -0.507 e. The van der Waals surface area contributed by atoms with Gasteiger partial charge in [-0.15, -0.1) is 0 Å². The normalized spacial score (nSPS) is 22.0. The summed E-state index contributed by atoms with van der Waals surface area (Å²) in [6.45, 7) is 0.932. The molecule has 0 spiro atoms. The quantitative estimate of drug-likeness (QED) is 0.782. The first kappa shape index (κ1) is 16.9. The van der Waals surface area contributed by atoms with Gasteiger partial charge in [0.1, 0.15) is 5.75 Å². The molecule has 1 amide bonds. The van der Waals surface area contributed by atoms with Crippen molar-refractivity contribution >= 4 is 32.6 Å². The van der Waals surface area contributed by atoms with Crippen molar-refractivity contribution in [2.75, 3.05) is 6.54 Å². The Labute approximate surface area is 157 Å². The van der Waals surface area contributed by atoms with E-state index in [0.717, 1.165) is 34.6 Å². The Morgan fingerprint density at radius 3 is 2.68 bits per heavy atom. The van der Waals surface area contributed by atoms with Crippen LogP contribution in [-0.4, -0.2) is 28.5 Å². The van der Waals surface area contributed by atoms with Gasteiger partial charge >= 0.3 is 0 Å². The Kier molecular flexibility index (Phi) is 4.72. The third kappa shape index (κ3) is 3.29. The van der Waals surface area contributed by atoms with Crippen LogP contribution < -0.4 is 0 Å². The fourth-order valence-corrected chi connectivity index (χ4v) is 4.94. The van der Waals surface area contributed by atoms with Gasteiger partial charge in [0.05, 0.1) is 4.47 Å². The van der Waals surface area contributed by atoms with Gasteiger partial charge < -0.3 is 10.0 Å². The molecule has 132 valence electrons. The summed E-state index contributed by atoms with van der Waals surface area (Å²) in [5.74, 6) is 0.744. The maximum atomic E-state index is 12.9. The number of rotatable bonds is 3. The molecule has 1 aliphatic heterocycles. The monoisotopic (exact) mass is 401 g/mol. The third-order valence-corrected chi connectivity index (χ3v) is 6.68. The summed E-state index contributed by atoms with van der Waals surface area (Å²) in [6.07, 6.45) is 8.03. The molecule has 25 heavy (non-hydrogen) atoms. The molecule has 1 aliphatic carbocycles. The van der Waals surface area contributed by atoms with Crippen LogP contribution in [0.2, 0.25) is 0 Å². The van der Waals surface area contributed by atoms with E-state index in [1.807, 2.05) is 12.1 Å². The van der Waals surface area contributed by atoms with Crippen LogP contribution in [0.3, 0.4) is 0 Å². The highest BCUT2D eigenvalue weighted by atomic mass is 79.9. The fraction of sp³-hybridized carbons (Fsp3) is 0.476. The van der Waals surface area contributed by atoms with Crippen molar-refractivity contribution in [1.29, 1.82) is 0 Å². The zero-order chi connectivity index (χ0) is 17.4. The van der Waals surface area contributed by atoms with Crippen LogP contribution in [0, 0.1) is 5.92 Å². The average molecular weight is 402 g/mol. The molecule has 1 atom stereocenters. The first-order valence-electron chi connectivity index (χ1n) is 9.34. The first-order chi connectivity index (χ1) is 12.1. The van der Waals surface area contributed by atoms with Crippen LogP contribution in [0.1, 0.15) is 44.1 Å². The summed E-state index contributed by atoms with van der Waals surface area (Å²) >= 11 is 3.44. The molecule has 1 N–H and O–H groups in total. The number of hydrogen-bond acceptors (Lipinski definition) is 2. The zero-order valence-electron chi connectivity index (χ0n) is 14.4. The van der Waals surface area contributed by atoms with E-state index in [2.05, 4.69) is 33.0 Å². The number of carbonyl (C=O) groups is 1. The van der Waals surface area contributed by atoms with Gasteiger partial charge in [-0.25, -0.2) is 0 Å². The minimum atomic E-state index is 0.125. The highest BCUT2D eigenvalue weighted by Crippen LogP contribution is 2.34. The summed E-state index contributed by atoms with van der Waals surface area (Å²) in [4.78, 5) is 15.0. The van der Waals surface area contributed by atoms with Gasteiger partial charge in [0.2, 0.25) is 5.91 Å². The van der Waals surface area contributed by atoms with Gasteiger partial charge in [0.15, 0.2) is 0 Å². The predicted octanol–water partition coefficient (Wildman–Crippen LogP) is 5.03. The van der Waals surface area contributed by atoms with Gasteiger partial charge in [-0.2, -0.15) is 0 Å². The fourth-order valence-electron chi connectivity index (χ4n) is 4.45. The smallest absolute Gasteiger partial charge is 0.226 e. The average Bonchev–Trinajstić information content (AvgIpc) is 3.00. The summed E-state index contributed by atoms with van der Waals surface area (Å²) < 4.78 is 0.733. The Balaban J connectivity index is 1.49. The number of hydrogen-bond donors (Lipinski definition) is 1. The molecular formula is C21H24BrNO2. The molecule has 1 heterocycles. The molecule has 2 aromatic rings. The van der Waals surface area contributed by atoms with E-state index >= 15 is 0 Å². The summed E-state index contributed by atoms with van der Waals surface area (Å²) in [6, 6.07) is 10.4. The molecule has 3 nitrogen and oxygen atoms in total. The van der Waals surface area contributed by atoms with E-state index in [9.17, 15) is 9.90 Å². The van der Waals surface area contributed by atoms with Gasteiger partial charge in [-0.3, -0.25) is 4.79 Å². The SMILES string of the molecule is O=C1C(Cc2ccc3c(Br)c(O)ccc3c2)CCN1C1CCCCC1. The van der Waals surface area contributed by atoms with E-state index in [1.54, 1.807) is 6.07 Å². The summed E-state index contributed by atoms with van der Waals surface area (Å²) in [7, 11) is 0. The maximum Gasteiger partial charge on any atom is 0.226 e. The van der Waals surface area contributed by atoms with Crippen LogP contribution in [0.5, 0.6) is 5.75 Å². The predicted molar refractivity (Wildman–Crippen MR) is 104 cm³/mol. The van der Waals surface area contributed by atoms with Crippen molar-refractivity contribution in [3.63, 3.8) is 0 Å². The third-order valence-electron chi connectivity index (χ3n) is 5.85. The van der Waals surface area contributed by atoms with E-state index < -0.39 is 0 Å². The number of likely N-dealkylation sites (tertiary alicyclic amines) is 1. The standard InChI is InChI=1S/C21H24BrNO2/c22-20-18-8-6-14(12-15(18)7-9-19(20)24)13-16-10-11-23(21(16)25)17-4-2-1-3-5-17/h6-9,12,16-17,24H,1-5,10-11,13H2. The second-order valence-corrected chi connectivity index (χ2v) is 8.26. The largest absolute Gasteiger partial charge is 0.507 e. The number of phenols is 1. The Hall–Kier alpha value is -1.55. The lowest BCUT2D eigenvalue weighted by atomic mass is 9.93. The molecular weight excluding hydrogens is 378 g/mol. The second-order valence-electron chi connectivity index (χ2n) is 7.47. The van der Waals surface area contributed by atoms with Crippen LogP contribution in [0.15, 0.2) is 34.8 Å². The van der Waals surface area contributed by atoms with Crippen LogP contribution in [0.4, 0.5) is 0 Å². The first-order valence-corrected chi connectivity index (χ1v) is 10.1. The van der Waals surface area contributed by atoms with E-state index in [-0.39, 0.29) is 11.7 Å². The Morgan fingerprint density at radius 1 is 1.08 bits per heavy atom. The molecule has 0 bridgehead atoms. The number of nitrogens with zero attached hydrogens (tertiary/aromatic N) is 1. The lowest BCUT2D eigenvalue weighted by Gasteiger charge is -2.31. The number of amides is 1. The van der Waals surface area contributed by atoms with Crippen LogP contribution in [-0.2, 0) is 11.2 Å². The van der Waals surface area contributed by atoms with Crippen molar-refractivity contribution in [2.45, 2.75) is 51.0 Å². The van der Waals surface area contributed by atoms with Crippen molar-refractivity contribution in [3.8, 4) is 5.75 Å². The summed E-state index contributed by atoms with van der Waals surface area (Å²) in [5, 5.41) is 11.9. The van der Waals surface area contributed by atoms with Gasteiger partial charge in [-0.1, -0.05) is 43.5 Å². The van der Waals surface area contributed by atoms with E-state index in [0.29, 0.717) is 11.9 Å². The summed E-state index contributed by atoms with van der Waals surface area (Å²) in [5.41, 5.74) is 1.20. The lowest BCUT2D eigenvalue weighted by molar-refractivity contribution is -0.133. The highest BCUT2D eigenvalue weighted by Gasteiger charge is 2.36. The minimum absolute atomic E-state index is 0.125. The van der Waals surface area contributed by atoms with Crippen LogP contribution >= 0.6 is 15.9 Å². The molecule has 0 radical (unpaired) electrons. The molecule has 2 aliphatic rings. The molecule has 1 saturated carbocycles. The lowest BCUT2D eigenvalue weighted by Crippen LogP contribution is -2.39. The number of halogens is 1. The molecule has 4 heteroatoms. The highest BCUT2D eigenvalue weighted by molar-refractivity contribution is 9.10. The second kappa shape index (κ2) is 6.99. The number of phenolic OH excluding ortho intramolecular Hbond substituents is 1. The maximum absolute atomic E-state index is 12.9. The topological polar surface area (TPSA) is 40.5 Å². The van der Waals surface area contributed by atoms with E-state index in [4.69, 9.17) is 0 Å². The molecule has 2 aromatic carbocycles. The Bertz CT molecular complexity index is 798. The Morgan fingerprint density at radius 2 is 1.88 bits per heavy atom. The molecule has 1 unspecified atom stereocenters. The number of carbonyl (C=O) groups excluding carboxylic acids is 1. The van der Waals surface area contributed by atoms with Crippen molar-refractivity contribution in [3.05, 3.63) is 40.4 Å². The van der Waals surface area contributed by atoms with Gasteiger partial charge in [0, 0.05) is 18.5 Å². The molecule has 0 aromatic heterocycles. The van der Waals surface area contributed by atoms with Gasteiger partial charge in [0.25, 0.3) is 0 Å². The number of fused-ring (bicyclic) bond motifs is 1. The number of aromatic hydroxyl groups is 1. The van der Waals surface area contributed by atoms with Gasteiger partial charge in [-0.05, 0) is 64.0 Å².